The van der Waals surface area contributed by atoms with Crippen LogP contribution in [0.15, 0.2) is 12.2 Å². The average molecular weight is 1410 g/mol. The Labute approximate surface area is 612 Å². The lowest BCUT2D eigenvalue weighted by Gasteiger charge is -2.28. The molecule has 0 fully saturated rings. The van der Waals surface area contributed by atoms with Gasteiger partial charge in [0, 0.05) is 57.6 Å². The van der Waals surface area contributed by atoms with Crippen molar-refractivity contribution in [2.45, 2.75) is 425 Å². The van der Waals surface area contributed by atoms with Gasteiger partial charge in [-0.25, -0.2) is 0 Å². The van der Waals surface area contributed by atoms with Gasteiger partial charge in [-0.2, -0.15) is 0 Å². The Balaban J connectivity index is 5.43. The van der Waals surface area contributed by atoms with Crippen LogP contribution in [-0.4, -0.2) is 157 Å². The van der Waals surface area contributed by atoms with Crippen molar-refractivity contribution in [3.05, 3.63) is 12.2 Å². The summed E-state index contributed by atoms with van der Waals surface area (Å²) in [6, 6.07) is -0.575. The van der Waals surface area contributed by atoms with E-state index in [1.165, 1.54) is 276 Å². The quantitative estimate of drug-likeness (QED) is 0.0233. The molecule has 576 valence electrons. The summed E-state index contributed by atoms with van der Waals surface area (Å²) in [6.45, 7) is 17.8. The SMILES string of the molecule is CCCCCCCC/C=C\CCCCCCCCN(CCCCCCCC(=O)OC(CCCCCCCC)CCCCCCCC)CCCCSSCCC(NC(=O)CCCN(CC(O)CCCCCCCCCC)CC(O)CCCCCCCCCC)C(=O)N(C)CCN(C)C. The van der Waals surface area contributed by atoms with Crippen LogP contribution in [0.4, 0.5) is 0 Å². The number of nitrogens with zero attached hydrogens (tertiary/aromatic N) is 4. The minimum Gasteiger partial charge on any atom is -0.462 e. The maximum Gasteiger partial charge on any atom is 0.306 e. The Hall–Kier alpha value is -1.35. The number of hydrogen-bond donors (Lipinski definition) is 3. The van der Waals surface area contributed by atoms with Crippen molar-refractivity contribution in [2.24, 2.45) is 0 Å². The second-order valence-corrected chi connectivity index (χ2v) is 32.7. The first-order valence-electron chi connectivity index (χ1n) is 42.5. The number of allylic oxidation sites excluding steroid dienone is 2. The van der Waals surface area contributed by atoms with E-state index in [-0.39, 0.29) is 23.9 Å². The highest BCUT2D eigenvalue weighted by Gasteiger charge is 2.25. The zero-order valence-electron chi connectivity index (χ0n) is 66.0. The predicted molar refractivity (Wildman–Crippen MR) is 428 cm³/mol. The minimum atomic E-state index is -0.575. The number of rotatable bonds is 79. The Morgan fingerprint density at radius 3 is 1.16 bits per heavy atom. The van der Waals surface area contributed by atoms with Gasteiger partial charge in [0.25, 0.3) is 0 Å². The summed E-state index contributed by atoms with van der Waals surface area (Å²) in [4.78, 5) is 49.6. The van der Waals surface area contributed by atoms with Gasteiger partial charge in [-0.05, 0) is 149 Å². The molecule has 0 aliphatic rings. The smallest absolute Gasteiger partial charge is 0.306 e. The zero-order valence-corrected chi connectivity index (χ0v) is 67.6. The maximum atomic E-state index is 14.0. The number of aliphatic hydroxyl groups excluding tert-OH is 2. The van der Waals surface area contributed by atoms with Gasteiger partial charge < -0.3 is 35.0 Å². The third-order valence-electron chi connectivity index (χ3n) is 19.9. The van der Waals surface area contributed by atoms with Crippen LogP contribution in [0, 0.1) is 0 Å². The van der Waals surface area contributed by atoms with E-state index >= 15 is 0 Å². The molecule has 0 bridgehead atoms. The van der Waals surface area contributed by atoms with Crippen molar-refractivity contribution in [3.8, 4) is 0 Å². The summed E-state index contributed by atoms with van der Waals surface area (Å²) in [7, 11) is 9.63. The molecule has 0 aromatic heterocycles. The number of aliphatic hydroxyl groups is 2. The van der Waals surface area contributed by atoms with Crippen molar-refractivity contribution in [2.75, 3.05) is 85.0 Å². The molecule has 0 rings (SSSR count). The second kappa shape index (κ2) is 75.8. The van der Waals surface area contributed by atoms with Crippen molar-refractivity contribution in [3.63, 3.8) is 0 Å². The number of esters is 1. The number of ether oxygens (including phenoxy) is 1. The summed E-state index contributed by atoms with van der Waals surface area (Å²) in [6.07, 6.45) is 71.4. The lowest BCUT2D eigenvalue weighted by Crippen LogP contribution is -2.49. The highest BCUT2D eigenvalue weighted by atomic mass is 33.1. The molecule has 97 heavy (non-hydrogen) atoms. The third-order valence-corrected chi connectivity index (χ3v) is 22.4. The molecule has 3 unspecified atom stereocenters. The van der Waals surface area contributed by atoms with Gasteiger partial charge in [-0.1, -0.05) is 312 Å². The van der Waals surface area contributed by atoms with Crippen molar-refractivity contribution in [1.29, 1.82) is 0 Å². The fraction of sp³-hybridized carbons (Fsp3) is 0.940. The van der Waals surface area contributed by atoms with Crippen molar-refractivity contribution in [1.82, 2.24) is 24.9 Å². The molecular formula is C84H167N5O6S2. The molecule has 0 heterocycles. The average Bonchev–Trinajstić information content (AvgIpc) is 1.82. The van der Waals surface area contributed by atoms with E-state index in [4.69, 9.17) is 4.74 Å². The Morgan fingerprint density at radius 2 is 0.732 bits per heavy atom. The van der Waals surface area contributed by atoms with Crippen LogP contribution in [0.2, 0.25) is 0 Å². The number of amides is 2. The van der Waals surface area contributed by atoms with Crippen LogP contribution in [0.1, 0.15) is 401 Å². The third kappa shape index (κ3) is 68.8. The van der Waals surface area contributed by atoms with Crippen LogP contribution < -0.4 is 5.32 Å². The lowest BCUT2D eigenvalue weighted by molar-refractivity contribution is -0.150. The molecule has 11 nitrogen and oxygen atoms in total. The molecule has 0 aliphatic carbocycles. The molecule has 0 aliphatic heterocycles. The second-order valence-electron chi connectivity index (χ2n) is 30.0. The van der Waals surface area contributed by atoms with Crippen LogP contribution >= 0.6 is 21.6 Å². The van der Waals surface area contributed by atoms with E-state index < -0.39 is 18.2 Å². The van der Waals surface area contributed by atoms with E-state index in [0.717, 1.165) is 102 Å². The molecule has 0 saturated carbocycles. The van der Waals surface area contributed by atoms with Gasteiger partial charge >= 0.3 is 5.97 Å². The van der Waals surface area contributed by atoms with Crippen LogP contribution in [0.3, 0.4) is 0 Å². The van der Waals surface area contributed by atoms with E-state index in [0.29, 0.717) is 51.9 Å². The Bertz CT molecular complexity index is 1640. The predicted octanol–water partition coefficient (Wildman–Crippen LogP) is 23.0. The number of nitrogens with one attached hydrogen (secondary N) is 1. The molecular weight excluding hydrogens is 1240 g/mol. The summed E-state index contributed by atoms with van der Waals surface area (Å²) < 4.78 is 6.17. The normalized spacial score (nSPS) is 12.9. The number of unbranched alkanes of at least 4 members (excludes halogenated alkanes) is 41. The van der Waals surface area contributed by atoms with Gasteiger partial charge in [0.2, 0.25) is 11.8 Å². The lowest BCUT2D eigenvalue weighted by atomic mass is 10.0. The molecule has 0 radical (unpaired) electrons. The zero-order chi connectivity index (χ0) is 71.0. The number of carbonyl (C=O) groups is 3. The molecule has 3 N–H and O–H groups in total. The number of likely N-dealkylation sites (N-methyl/N-ethyl adjacent to an activating group) is 2. The largest absolute Gasteiger partial charge is 0.462 e. The van der Waals surface area contributed by atoms with Gasteiger partial charge in [0.1, 0.15) is 12.1 Å². The van der Waals surface area contributed by atoms with Gasteiger partial charge in [-0.15, -0.1) is 0 Å². The first kappa shape index (κ1) is 95.6. The van der Waals surface area contributed by atoms with E-state index in [9.17, 15) is 24.6 Å². The number of hydrogen-bond acceptors (Lipinski definition) is 11. The summed E-state index contributed by atoms with van der Waals surface area (Å²) >= 11 is 0. The van der Waals surface area contributed by atoms with Gasteiger partial charge in [0.15, 0.2) is 0 Å². The Morgan fingerprint density at radius 1 is 0.371 bits per heavy atom. The van der Waals surface area contributed by atoms with Crippen molar-refractivity contribution < 1.29 is 29.3 Å². The fourth-order valence-corrected chi connectivity index (χ4v) is 15.7. The summed E-state index contributed by atoms with van der Waals surface area (Å²) in [5.74, 6) is 1.75. The summed E-state index contributed by atoms with van der Waals surface area (Å²) in [5.41, 5.74) is 0. The minimum absolute atomic E-state index is 0.0291. The van der Waals surface area contributed by atoms with E-state index in [1.54, 1.807) is 4.90 Å². The summed E-state index contributed by atoms with van der Waals surface area (Å²) in [5, 5.41) is 25.6. The first-order chi connectivity index (χ1) is 47.4. The maximum absolute atomic E-state index is 14.0. The molecule has 13 heteroatoms. The van der Waals surface area contributed by atoms with Gasteiger partial charge in [-0.3, -0.25) is 19.3 Å². The van der Waals surface area contributed by atoms with Crippen LogP contribution in [-0.2, 0) is 19.1 Å². The van der Waals surface area contributed by atoms with Gasteiger partial charge in [0.05, 0.1) is 12.2 Å². The molecule has 3 atom stereocenters. The van der Waals surface area contributed by atoms with E-state index in [2.05, 4.69) is 66.8 Å². The molecule has 0 spiro atoms. The fourth-order valence-electron chi connectivity index (χ4n) is 13.4. The molecule has 0 aromatic rings. The molecule has 0 saturated heterocycles. The van der Waals surface area contributed by atoms with E-state index in [1.807, 2.05) is 42.7 Å². The first-order valence-corrected chi connectivity index (χ1v) is 45.0. The highest BCUT2D eigenvalue weighted by Crippen LogP contribution is 2.25. The van der Waals surface area contributed by atoms with Crippen LogP contribution in [0.5, 0.6) is 0 Å². The van der Waals surface area contributed by atoms with Crippen molar-refractivity contribution >= 4 is 39.4 Å². The standard InChI is InChI=1S/C84H167N5O6S2/c1-9-14-19-24-29-32-33-34-35-36-37-38-39-42-49-56-68-88(69-57-50-43-48-55-66-83(93)95-80(63-53-46-27-22-17-12-4)64-54-47-28-23-18-13-5)70-58-59-74-96-97-75-67-81(84(94)87(8)73-72-86(6)7)85-82(92)65-60-71-89(76-78(90)61-51-44-40-30-25-20-15-10-2)77-79(91)62-52-45-41-31-26-21-16-11-3/h34-35,78-81,90-91H,9-33,36-77H2,1-8H3,(H,85,92)/b35-34-. The number of carbonyl (C=O) groups excluding carboxylic acids is 3. The van der Waals surface area contributed by atoms with Crippen LogP contribution in [0.25, 0.3) is 0 Å². The highest BCUT2D eigenvalue weighted by molar-refractivity contribution is 8.76. The monoisotopic (exact) mass is 1410 g/mol. The molecule has 2 amide bonds. The Kier molecular flexibility index (Phi) is 74.7. The molecule has 0 aromatic carbocycles. The topological polar surface area (TPSA) is 126 Å².